The SMILES string of the molecule is C=C[C@@H]1[C@H](C(=O)c2ccccc2)[C@H]1c1ccccc1. The summed E-state index contributed by atoms with van der Waals surface area (Å²) in [5.74, 6) is 0.864. The zero-order valence-corrected chi connectivity index (χ0v) is 10.7. The molecule has 0 saturated heterocycles. The fourth-order valence-electron chi connectivity index (χ4n) is 2.87. The Kier molecular flexibility index (Phi) is 3.04. The van der Waals surface area contributed by atoms with Gasteiger partial charge in [-0.3, -0.25) is 4.79 Å². The quantitative estimate of drug-likeness (QED) is 0.588. The van der Waals surface area contributed by atoms with Gasteiger partial charge in [0.1, 0.15) is 0 Å². The summed E-state index contributed by atoms with van der Waals surface area (Å²) in [5, 5.41) is 0. The predicted octanol–water partition coefficient (Wildman–Crippen LogP) is 4.09. The average molecular weight is 248 g/mol. The molecule has 94 valence electrons. The van der Waals surface area contributed by atoms with Gasteiger partial charge in [-0.2, -0.15) is 0 Å². The number of allylic oxidation sites excluding steroid dienone is 1. The summed E-state index contributed by atoms with van der Waals surface area (Å²) in [6.45, 7) is 3.87. The van der Waals surface area contributed by atoms with Crippen LogP contribution in [0.5, 0.6) is 0 Å². The van der Waals surface area contributed by atoms with Crippen molar-refractivity contribution in [2.75, 3.05) is 0 Å². The van der Waals surface area contributed by atoms with Gasteiger partial charge in [-0.15, -0.1) is 6.58 Å². The van der Waals surface area contributed by atoms with E-state index >= 15 is 0 Å². The van der Waals surface area contributed by atoms with Crippen molar-refractivity contribution < 1.29 is 4.79 Å². The molecule has 0 N–H and O–H groups in total. The zero-order chi connectivity index (χ0) is 13.2. The molecule has 0 aliphatic heterocycles. The Balaban J connectivity index is 1.86. The molecule has 0 heterocycles. The summed E-state index contributed by atoms with van der Waals surface area (Å²) in [4.78, 5) is 12.5. The molecule has 3 rings (SSSR count). The van der Waals surface area contributed by atoms with Crippen molar-refractivity contribution in [1.82, 2.24) is 0 Å². The lowest BCUT2D eigenvalue weighted by Crippen LogP contribution is -2.03. The molecule has 0 radical (unpaired) electrons. The smallest absolute Gasteiger partial charge is 0.167 e. The van der Waals surface area contributed by atoms with Crippen molar-refractivity contribution in [3.8, 4) is 0 Å². The first-order valence-electron chi connectivity index (χ1n) is 6.59. The highest BCUT2D eigenvalue weighted by molar-refractivity contribution is 6.01. The molecular formula is C18H16O. The number of hydrogen-bond acceptors (Lipinski definition) is 1. The molecular weight excluding hydrogens is 232 g/mol. The Morgan fingerprint density at radius 1 is 0.947 bits per heavy atom. The van der Waals surface area contributed by atoms with E-state index in [1.807, 2.05) is 54.6 Å². The largest absolute Gasteiger partial charge is 0.294 e. The maximum absolute atomic E-state index is 12.5. The van der Waals surface area contributed by atoms with Crippen LogP contribution in [0, 0.1) is 11.8 Å². The molecule has 0 bridgehead atoms. The highest BCUT2D eigenvalue weighted by atomic mass is 16.1. The van der Waals surface area contributed by atoms with Gasteiger partial charge >= 0.3 is 0 Å². The first-order chi connectivity index (χ1) is 9.33. The topological polar surface area (TPSA) is 17.1 Å². The zero-order valence-electron chi connectivity index (χ0n) is 10.7. The summed E-state index contributed by atoms with van der Waals surface area (Å²) in [7, 11) is 0. The number of Topliss-reactive ketones (excluding diaryl/α,β-unsaturated/α-hetero) is 1. The second-order valence-corrected chi connectivity index (χ2v) is 5.01. The fraction of sp³-hybridized carbons (Fsp3) is 0.167. The number of carbonyl (C=O) groups excluding carboxylic acids is 1. The van der Waals surface area contributed by atoms with Crippen LogP contribution in [0.25, 0.3) is 0 Å². The molecule has 0 spiro atoms. The molecule has 0 unspecified atom stereocenters. The van der Waals surface area contributed by atoms with Gasteiger partial charge in [0.05, 0.1) is 0 Å². The number of ketones is 1. The molecule has 0 aromatic heterocycles. The van der Waals surface area contributed by atoms with Crippen molar-refractivity contribution in [2.45, 2.75) is 5.92 Å². The van der Waals surface area contributed by atoms with Crippen molar-refractivity contribution in [3.63, 3.8) is 0 Å². The molecule has 3 atom stereocenters. The maximum Gasteiger partial charge on any atom is 0.167 e. The van der Waals surface area contributed by atoms with Crippen LogP contribution in [-0.2, 0) is 0 Å². The van der Waals surface area contributed by atoms with Crippen LogP contribution in [0.1, 0.15) is 21.8 Å². The first kappa shape index (κ1) is 11.9. The summed E-state index contributed by atoms with van der Waals surface area (Å²) in [6.07, 6.45) is 1.92. The van der Waals surface area contributed by atoms with Crippen LogP contribution in [0.3, 0.4) is 0 Å². The minimum atomic E-state index is 0.0577. The Morgan fingerprint density at radius 2 is 1.53 bits per heavy atom. The Hall–Kier alpha value is -2.15. The van der Waals surface area contributed by atoms with E-state index in [1.165, 1.54) is 5.56 Å². The van der Waals surface area contributed by atoms with E-state index in [-0.39, 0.29) is 17.6 Å². The van der Waals surface area contributed by atoms with Crippen LogP contribution in [0.2, 0.25) is 0 Å². The van der Waals surface area contributed by atoms with E-state index in [1.54, 1.807) is 0 Å². The van der Waals surface area contributed by atoms with Crippen molar-refractivity contribution in [3.05, 3.63) is 84.4 Å². The minimum absolute atomic E-state index is 0.0577. The number of hydrogen-bond donors (Lipinski definition) is 0. The first-order valence-corrected chi connectivity index (χ1v) is 6.59. The monoisotopic (exact) mass is 248 g/mol. The second kappa shape index (κ2) is 4.85. The van der Waals surface area contributed by atoms with Crippen molar-refractivity contribution in [1.29, 1.82) is 0 Å². The van der Waals surface area contributed by atoms with E-state index in [0.29, 0.717) is 5.92 Å². The van der Waals surface area contributed by atoms with Crippen LogP contribution >= 0.6 is 0 Å². The Morgan fingerprint density at radius 3 is 2.11 bits per heavy atom. The van der Waals surface area contributed by atoms with Crippen LogP contribution in [0.15, 0.2) is 73.3 Å². The predicted molar refractivity (Wildman–Crippen MR) is 77.1 cm³/mol. The molecule has 2 aromatic rings. The van der Waals surface area contributed by atoms with Gasteiger partial charge in [0, 0.05) is 17.4 Å². The lowest BCUT2D eigenvalue weighted by Gasteiger charge is -2.00. The molecule has 1 aliphatic carbocycles. The molecule has 1 fully saturated rings. The maximum atomic E-state index is 12.5. The number of benzene rings is 2. The number of carbonyl (C=O) groups is 1. The Labute approximate surface area is 113 Å². The average Bonchev–Trinajstić information content (AvgIpc) is 3.22. The standard InChI is InChI=1S/C18H16O/c1-2-15-16(13-9-5-3-6-10-13)17(15)18(19)14-11-7-4-8-12-14/h2-12,15-17H,1H2/t15-,16-,17-/m0/s1. The van der Waals surface area contributed by atoms with Gasteiger partial charge < -0.3 is 0 Å². The van der Waals surface area contributed by atoms with E-state index in [9.17, 15) is 4.79 Å². The van der Waals surface area contributed by atoms with E-state index < -0.39 is 0 Å². The third-order valence-electron chi connectivity index (χ3n) is 3.89. The van der Waals surface area contributed by atoms with Gasteiger partial charge in [0.15, 0.2) is 5.78 Å². The second-order valence-electron chi connectivity index (χ2n) is 5.01. The number of rotatable bonds is 4. The van der Waals surface area contributed by atoms with Crippen molar-refractivity contribution in [2.24, 2.45) is 11.8 Å². The summed E-state index contributed by atoms with van der Waals surface area (Å²) in [6, 6.07) is 19.8. The molecule has 1 heteroatoms. The van der Waals surface area contributed by atoms with Crippen molar-refractivity contribution >= 4 is 5.78 Å². The summed E-state index contributed by atoms with van der Waals surface area (Å²) in [5.41, 5.74) is 2.04. The van der Waals surface area contributed by atoms with Crippen LogP contribution in [0.4, 0.5) is 0 Å². The van der Waals surface area contributed by atoms with E-state index in [4.69, 9.17) is 0 Å². The van der Waals surface area contributed by atoms with Crippen LogP contribution in [-0.4, -0.2) is 5.78 Å². The van der Waals surface area contributed by atoms with Gasteiger partial charge in [-0.25, -0.2) is 0 Å². The summed E-state index contributed by atoms with van der Waals surface area (Å²) < 4.78 is 0. The molecule has 0 amide bonds. The lowest BCUT2D eigenvalue weighted by molar-refractivity contribution is 0.0961. The molecule has 2 aromatic carbocycles. The van der Waals surface area contributed by atoms with E-state index in [0.717, 1.165) is 5.56 Å². The highest BCUT2D eigenvalue weighted by Crippen LogP contribution is 2.55. The fourth-order valence-corrected chi connectivity index (χ4v) is 2.87. The summed E-state index contributed by atoms with van der Waals surface area (Å²) >= 11 is 0. The normalized spacial score (nSPS) is 24.7. The third kappa shape index (κ3) is 2.12. The Bertz CT molecular complexity index is 586. The van der Waals surface area contributed by atoms with Gasteiger partial charge in [-0.05, 0) is 11.5 Å². The molecule has 1 nitrogen and oxygen atoms in total. The minimum Gasteiger partial charge on any atom is -0.294 e. The molecule has 1 aliphatic rings. The lowest BCUT2D eigenvalue weighted by atomic mass is 10.0. The van der Waals surface area contributed by atoms with Gasteiger partial charge in [0.2, 0.25) is 0 Å². The highest BCUT2D eigenvalue weighted by Gasteiger charge is 2.53. The third-order valence-corrected chi connectivity index (χ3v) is 3.89. The van der Waals surface area contributed by atoms with E-state index in [2.05, 4.69) is 18.7 Å². The van der Waals surface area contributed by atoms with Gasteiger partial charge in [0.25, 0.3) is 0 Å². The molecule has 1 saturated carbocycles. The van der Waals surface area contributed by atoms with Gasteiger partial charge in [-0.1, -0.05) is 66.7 Å². The molecule has 19 heavy (non-hydrogen) atoms. The van der Waals surface area contributed by atoms with Crippen LogP contribution < -0.4 is 0 Å².